The van der Waals surface area contributed by atoms with Crippen molar-refractivity contribution in [3.63, 3.8) is 0 Å². The van der Waals surface area contributed by atoms with Crippen LogP contribution < -0.4 is 26.6 Å². The van der Waals surface area contributed by atoms with Crippen molar-refractivity contribution in [1.29, 1.82) is 0 Å². The van der Waals surface area contributed by atoms with Gasteiger partial charge in [-0.1, -0.05) is 91.0 Å². The third kappa shape index (κ3) is 21.7. The summed E-state index contributed by atoms with van der Waals surface area (Å²) in [5, 5.41) is 18.2. The first-order chi connectivity index (χ1) is 33.8. The Morgan fingerprint density at radius 2 is 0.471 bits per heavy atom. The monoisotopic (exact) mass is 1040 g/mol. The Bertz CT molecular complexity index is 2010. The molecule has 0 spiro atoms. The van der Waals surface area contributed by atoms with Gasteiger partial charge in [0.15, 0.2) is 0 Å². The summed E-state index contributed by atoms with van der Waals surface area (Å²) in [6, 6.07) is 56.2. The molecule has 70 heavy (non-hydrogen) atoms. The molecule has 0 fully saturated rings. The zero-order valence-electron chi connectivity index (χ0n) is 43.4. The molecule has 382 valence electrons. The number of hydrogen-bond donors (Lipinski definition) is 5. The van der Waals surface area contributed by atoms with Gasteiger partial charge in [-0.2, -0.15) is 0 Å². The lowest BCUT2D eigenvalue weighted by atomic mass is 10.3. The van der Waals surface area contributed by atoms with E-state index < -0.39 is 42.8 Å². The minimum absolute atomic E-state index is 0.586. The summed E-state index contributed by atoms with van der Waals surface area (Å²) in [5.74, 6) is 0. The fraction of sp³-hybridized carbons (Fsp3) is 0.444. The van der Waals surface area contributed by atoms with Gasteiger partial charge < -0.3 is 51.9 Å². The number of benzene rings is 5. The standard InChI is InChI=1S/C54H85N5O6Si5/c1-8-60-66(3,45-25-40-55-50-30-15-10-16-31-50)62-68(5,47-27-42-57-52-34-19-12-20-35-52)64-70(7,49-29-44-59-54-38-23-14-24-39-54)65-69(6,48-28-43-58-53-36-21-13-22-37-53)63-67(4,61-9-2)46-26-41-56-51-32-17-11-18-33-51/h10-24,30-39,55-59H,8-9,25-29,40-49H2,1-7H3. The molecule has 0 heterocycles. The molecular formula is C54H85N5O6Si5. The molecule has 11 nitrogen and oxygen atoms in total. The van der Waals surface area contributed by atoms with Crippen LogP contribution in [0.2, 0.25) is 63.0 Å². The molecule has 5 aromatic rings. The van der Waals surface area contributed by atoms with Crippen LogP contribution in [0.3, 0.4) is 0 Å². The van der Waals surface area contributed by atoms with Crippen LogP contribution in [0, 0.1) is 0 Å². The zero-order chi connectivity index (χ0) is 49.9. The molecule has 5 aromatic carbocycles. The Hall–Kier alpha value is -4.06. The van der Waals surface area contributed by atoms with Crippen LogP contribution in [-0.4, -0.2) is 88.7 Å². The topological polar surface area (TPSA) is 116 Å². The van der Waals surface area contributed by atoms with Crippen LogP contribution in [0.4, 0.5) is 28.4 Å². The number of nitrogens with one attached hydrogen (secondary N) is 5. The Morgan fingerprint density at radius 3 is 0.671 bits per heavy atom. The van der Waals surface area contributed by atoms with E-state index in [2.05, 4.69) is 213 Å². The zero-order valence-corrected chi connectivity index (χ0v) is 48.4. The summed E-state index contributed by atoms with van der Waals surface area (Å²) in [4.78, 5) is 0. The minimum atomic E-state index is -3.12. The molecule has 0 saturated carbocycles. The van der Waals surface area contributed by atoms with Crippen molar-refractivity contribution in [3.8, 4) is 0 Å². The third-order valence-corrected chi connectivity index (χ3v) is 34.1. The molecule has 0 amide bonds. The normalized spacial score (nSPS) is 15.8. The van der Waals surface area contributed by atoms with E-state index >= 15 is 0 Å². The lowest BCUT2D eigenvalue weighted by molar-refractivity contribution is 0.209. The summed E-state index contributed by atoms with van der Waals surface area (Å²) in [6.45, 7) is 20.7. The lowest BCUT2D eigenvalue weighted by Gasteiger charge is -2.46. The van der Waals surface area contributed by atoms with Gasteiger partial charge in [0.25, 0.3) is 0 Å². The fourth-order valence-electron chi connectivity index (χ4n) is 9.10. The van der Waals surface area contributed by atoms with Crippen LogP contribution in [0.1, 0.15) is 46.0 Å². The summed E-state index contributed by atoms with van der Waals surface area (Å²) < 4.78 is 44.4. The number of anilines is 5. The number of hydrogen-bond acceptors (Lipinski definition) is 11. The predicted octanol–water partition coefficient (Wildman–Crippen LogP) is 14.0. The van der Waals surface area contributed by atoms with Crippen molar-refractivity contribution in [2.24, 2.45) is 0 Å². The number of rotatable bonds is 37. The second kappa shape index (κ2) is 30.1. The molecule has 0 radical (unpaired) electrons. The van der Waals surface area contributed by atoms with Crippen molar-refractivity contribution in [3.05, 3.63) is 152 Å². The van der Waals surface area contributed by atoms with Gasteiger partial charge in [0.1, 0.15) is 0 Å². The largest absolute Gasteiger partial charge is 0.416 e. The van der Waals surface area contributed by atoms with Gasteiger partial charge in [0, 0.05) is 74.4 Å². The average molecular weight is 1040 g/mol. The predicted molar refractivity (Wildman–Crippen MR) is 307 cm³/mol. The summed E-state index contributed by atoms with van der Waals surface area (Å²) in [7, 11) is -14.7. The molecule has 0 aromatic heterocycles. The summed E-state index contributed by atoms with van der Waals surface area (Å²) >= 11 is 0. The van der Waals surface area contributed by atoms with Crippen molar-refractivity contribution < 1.29 is 25.3 Å². The molecule has 0 aliphatic rings. The maximum absolute atomic E-state index is 7.86. The highest BCUT2D eigenvalue weighted by Gasteiger charge is 2.52. The summed E-state index contributed by atoms with van der Waals surface area (Å²) in [5.41, 5.74) is 5.57. The van der Waals surface area contributed by atoms with Crippen molar-refractivity contribution in [2.75, 3.05) is 72.5 Å². The minimum Gasteiger partial charge on any atom is -0.416 e. The smallest absolute Gasteiger partial charge is 0.326 e. The van der Waals surface area contributed by atoms with E-state index in [9.17, 15) is 0 Å². The van der Waals surface area contributed by atoms with Crippen LogP contribution in [-0.2, 0) is 25.3 Å². The van der Waals surface area contributed by atoms with Gasteiger partial charge >= 0.3 is 42.8 Å². The second-order valence-electron chi connectivity index (χ2n) is 18.9. The molecule has 4 atom stereocenters. The molecule has 4 unspecified atom stereocenters. The van der Waals surface area contributed by atoms with E-state index in [4.69, 9.17) is 25.3 Å². The van der Waals surface area contributed by atoms with Crippen molar-refractivity contribution >= 4 is 71.2 Å². The van der Waals surface area contributed by atoms with E-state index in [1.54, 1.807) is 0 Å². The highest BCUT2D eigenvalue weighted by molar-refractivity contribution is 6.90. The van der Waals surface area contributed by atoms with Gasteiger partial charge in [0.2, 0.25) is 0 Å². The second-order valence-corrected chi connectivity index (χ2v) is 36.6. The van der Waals surface area contributed by atoms with E-state index in [0.29, 0.717) is 13.2 Å². The Kier molecular flexibility index (Phi) is 24.4. The van der Waals surface area contributed by atoms with Crippen LogP contribution >= 0.6 is 0 Å². The molecule has 0 saturated heterocycles. The highest BCUT2D eigenvalue weighted by atomic mass is 28.5. The van der Waals surface area contributed by atoms with E-state index in [1.165, 1.54) is 0 Å². The van der Waals surface area contributed by atoms with Gasteiger partial charge in [-0.25, -0.2) is 0 Å². The van der Waals surface area contributed by atoms with E-state index in [-0.39, 0.29) is 0 Å². The highest BCUT2D eigenvalue weighted by Crippen LogP contribution is 2.36. The van der Waals surface area contributed by atoms with Crippen LogP contribution in [0.5, 0.6) is 0 Å². The lowest BCUT2D eigenvalue weighted by Crippen LogP contribution is -2.62. The SMILES string of the molecule is CCO[Si](C)(CCCNc1ccccc1)O[Si](C)(CCCNc1ccccc1)O[Si](C)(CCCNc1ccccc1)O[Si](C)(CCCNc1ccccc1)O[Si](C)(CCCNc1ccccc1)OCC. The molecule has 16 heteroatoms. The van der Waals surface area contributed by atoms with Gasteiger partial charge in [-0.15, -0.1) is 0 Å². The quantitative estimate of drug-likeness (QED) is 0.0193. The van der Waals surface area contributed by atoms with E-state index in [0.717, 1.165) is 123 Å². The van der Waals surface area contributed by atoms with E-state index in [1.807, 2.05) is 12.1 Å². The van der Waals surface area contributed by atoms with Gasteiger partial charge in [0.05, 0.1) is 0 Å². The third-order valence-electron chi connectivity index (χ3n) is 12.2. The Balaban J connectivity index is 1.44. The average Bonchev–Trinajstić information content (AvgIpc) is 3.35. The van der Waals surface area contributed by atoms with Crippen molar-refractivity contribution in [2.45, 2.75) is 109 Å². The molecule has 5 N–H and O–H groups in total. The van der Waals surface area contributed by atoms with Gasteiger partial charge in [-0.3, -0.25) is 0 Å². The first-order valence-corrected chi connectivity index (χ1v) is 38.5. The van der Waals surface area contributed by atoms with Crippen LogP contribution in [0.15, 0.2) is 152 Å². The first kappa shape index (κ1) is 56.9. The number of para-hydroxylation sites is 5. The summed E-state index contributed by atoms with van der Waals surface area (Å²) in [6.07, 6.45) is 4.48. The molecule has 0 aliphatic heterocycles. The van der Waals surface area contributed by atoms with Gasteiger partial charge in [-0.05, 0) is 170 Å². The molecule has 0 aliphatic carbocycles. The Labute approximate surface area is 427 Å². The van der Waals surface area contributed by atoms with Crippen molar-refractivity contribution in [1.82, 2.24) is 0 Å². The fourth-order valence-corrected chi connectivity index (χ4v) is 34.7. The molecule has 5 rings (SSSR count). The maximum Gasteiger partial charge on any atom is 0.326 e. The molecule has 0 bridgehead atoms. The van der Waals surface area contributed by atoms with Crippen LogP contribution in [0.25, 0.3) is 0 Å². The first-order valence-electron chi connectivity index (χ1n) is 25.9. The maximum atomic E-state index is 7.86. The Morgan fingerprint density at radius 1 is 0.286 bits per heavy atom. The molecular weight excluding hydrogens is 955 g/mol.